The third kappa shape index (κ3) is 5.37. The molecule has 1 unspecified atom stereocenters. The number of nitrogens with one attached hydrogen (secondary N) is 2. The number of halogens is 1. The standard InChI is InChI=1S/C18H21BrN2O2/c1-2-20-12-13-21-18(22)17(14-8-4-3-5-9-14)23-16-11-7-6-10-15(16)19/h3-11,17,20H,2,12-13H2,1H3,(H,21,22). The highest BCUT2D eigenvalue weighted by atomic mass is 79.9. The lowest BCUT2D eigenvalue weighted by molar-refractivity contribution is -0.128. The van der Waals surface area contributed by atoms with Crippen LogP contribution in [0, 0.1) is 0 Å². The average Bonchev–Trinajstić information content (AvgIpc) is 2.58. The van der Waals surface area contributed by atoms with Gasteiger partial charge < -0.3 is 15.4 Å². The number of rotatable bonds is 8. The molecule has 0 bridgehead atoms. The van der Waals surface area contributed by atoms with Crippen molar-refractivity contribution in [2.24, 2.45) is 0 Å². The zero-order valence-electron chi connectivity index (χ0n) is 13.1. The first-order valence-electron chi connectivity index (χ1n) is 7.67. The Morgan fingerprint density at radius 3 is 2.48 bits per heavy atom. The summed E-state index contributed by atoms with van der Waals surface area (Å²) in [6.45, 7) is 4.21. The minimum atomic E-state index is -0.684. The molecule has 2 aromatic carbocycles. The molecular weight excluding hydrogens is 356 g/mol. The fraction of sp³-hybridized carbons (Fsp3) is 0.278. The summed E-state index contributed by atoms with van der Waals surface area (Å²) in [5.74, 6) is 0.494. The molecule has 0 aromatic heterocycles. The van der Waals surface area contributed by atoms with Gasteiger partial charge >= 0.3 is 0 Å². The number of likely N-dealkylation sites (N-methyl/N-ethyl adjacent to an activating group) is 1. The smallest absolute Gasteiger partial charge is 0.265 e. The van der Waals surface area contributed by atoms with Gasteiger partial charge in [-0.05, 0) is 34.6 Å². The van der Waals surface area contributed by atoms with Crippen LogP contribution in [0.2, 0.25) is 0 Å². The van der Waals surface area contributed by atoms with E-state index in [-0.39, 0.29) is 5.91 Å². The molecule has 5 heteroatoms. The number of para-hydroxylation sites is 1. The minimum Gasteiger partial charge on any atom is -0.475 e. The quantitative estimate of drug-likeness (QED) is 0.695. The molecule has 0 saturated carbocycles. The van der Waals surface area contributed by atoms with Crippen molar-refractivity contribution in [1.29, 1.82) is 0 Å². The summed E-state index contributed by atoms with van der Waals surface area (Å²) in [5, 5.41) is 6.09. The second-order valence-electron chi connectivity index (χ2n) is 4.98. The molecule has 0 aliphatic heterocycles. The van der Waals surface area contributed by atoms with Crippen molar-refractivity contribution >= 4 is 21.8 Å². The molecule has 0 aliphatic carbocycles. The molecule has 0 saturated heterocycles. The first kappa shape index (κ1) is 17.5. The van der Waals surface area contributed by atoms with E-state index in [1.54, 1.807) is 0 Å². The van der Waals surface area contributed by atoms with Gasteiger partial charge in [-0.2, -0.15) is 0 Å². The van der Waals surface area contributed by atoms with Crippen LogP contribution in [-0.2, 0) is 4.79 Å². The van der Waals surface area contributed by atoms with E-state index in [0.717, 1.165) is 23.1 Å². The summed E-state index contributed by atoms with van der Waals surface area (Å²) < 4.78 is 6.79. The van der Waals surface area contributed by atoms with E-state index in [1.807, 2.05) is 61.5 Å². The number of carbonyl (C=O) groups is 1. The van der Waals surface area contributed by atoms with E-state index in [0.29, 0.717) is 12.3 Å². The van der Waals surface area contributed by atoms with E-state index in [4.69, 9.17) is 4.74 Å². The summed E-state index contributed by atoms with van der Waals surface area (Å²) >= 11 is 3.45. The van der Waals surface area contributed by atoms with Crippen LogP contribution in [0.5, 0.6) is 5.75 Å². The summed E-state index contributed by atoms with van der Waals surface area (Å²) in [5.41, 5.74) is 0.823. The number of amides is 1. The first-order valence-corrected chi connectivity index (χ1v) is 8.46. The molecule has 2 rings (SSSR count). The van der Waals surface area contributed by atoms with Crippen LogP contribution < -0.4 is 15.4 Å². The Morgan fingerprint density at radius 1 is 1.09 bits per heavy atom. The lowest BCUT2D eigenvalue weighted by Gasteiger charge is -2.20. The van der Waals surface area contributed by atoms with Crippen LogP contribution >= 0.6 is 15.9 Å². The van der Waals surface area contributed by atoms with Gasteiger partial charge in [-0.3, -0.25) is 4.79 Å². The molecule has 23 heavy (non-hydrogen) atoms. The Hall–Kier alpha value is -1.85. The first-order chi connectivity index (χ1) is 11.2. The molecule has 0 radical (unpaired) electrons. The Bertz CT molecular complexity index is 619. The van der Waals surface area contributed by atoms with Crippen LogP contribution in [0.25, 0.3) is 0 Å². The van der Waals surface area contributed by atoms with Gasteiger partial charge in [0.1, 0.15) is 5.75 Å². The molecule has 2 N–H and O–H groups in total. The Kier molecular flexibility index (Phi) is 7.10. The highest BCUT2D eigenvalue weighted by Gasteiger charge is 2.22. The Balaban J connectivity index is 2.12. The van der Waals surface area contributed by atoms with E-state index in [1.165, 1.54) is 0 Å². The van der Waals surface area contributed by atoms with Gasteiger partial charge in [0.05, 0.1) is 4.47 Å². The van der Waals surface area contributed by atoms with Gasteiger partial charge in [0, 0.05) is 18.7 Å². The van der Waals surface area contributed by atoms with Crippen LogP contribution in [0.4, 0.5) is 0 Å². The summed E-state index contributed by atoms with van der Waals surface area (Å²) in [4.78, 5) is 12.5. The van der Waals surface area contributed by atoms with Crippen molar-refractivity contribution in [2.45, 2.75) is 13.0 Å². The van der Waals surface area contributed by atoms with E-state index >= 15 is 0 Å². The molecule has 122 valence electrons. The monoisotopic (exact) mass is 376 g/mol. The molecule has 0 aliphatic rings. The number of ether oxygens (including phenoxy) is 1. The third-order valence-corrected chi connectivity index (χ3v) is 3.93. The zero-order valence-corrected chi connectivity index (χ0v) is 14.7. The summed E-state index contributed by atoms with van der Waals surface area (Å²) in [7, 11) is 0. The Labute approximate surface area is 145 Å². The highest BCUT2D eigenvalue weighted by Crippen LogP contribution is 2.29. The van der Waals surface area contributed by atoms with E-state index < -0.39 is 6.10 Å². The molecule has 4 nitrogen and oxygen atoms in total. The average molecular weight is 377 g/mol. The van der Waals surface area contributed by atoms with Crippen molar-refractivity contribution in [2.75, 3.05) is 19.6 Å². The number of hydrogen-bond donors (Lipinski definition) is 2. The maximum absolute atomic E-state index is 12.5. The molecule has 0 fully saturated rings. The van der Waals surface area contributed by atoms with Gasteiger partial charge in [0.2, 0.25) is 6.10 Å². The summed E-state index contributed by atoms with van der Waals surface area (Å²) in [6, 6.07) is 17.0. The maximum Gasteiger partial charge on any atom is 0.265 e. The second-order valence-corrected chi connectivity index (χ2v) is 5.84. The second kappa shape index (κ2) is 9.33. The van der Waals surface area contributed by atoms with Crippen LogP contribution in [-0.4, -0.2) is 25.5 Å². The molecule has 1 atom stereocenters. The van der Waals surface area contributed by atoms with Gasteiger partial charge in [-0.25, -0.2) is 0 Å². The fourth-order valence-electron chi connectivity index (χ4n) is 2.11. The van der Waals surface area contributed by atoms with Gasteiger partial charge in [-0.15, -0.1) is 0 Å². The fourth-order valence-corrected chi connectivity index (χ4v) is 2.49. The van der Waals surface area contributed by atoms with Crippen molar-refractivity contribution in [1.82, 2.24) is 10.6 Å². The van der Waals surface area contributed by atoms with E-state index in [2.05, 4.69) is 26.6 Å². The SMILES string of the molecule is CCNCCNC(=O)C(Oc1ccccc1Br)c1ccccc1. The highest BCUT2D eigenvalue weighted by molar-refractivity contribution is 9.10. The van der Waals surface area contributed by atoms with Crippen molar-refractivity contribution in [3.8, 4) is 5.75 Å². The third-order valence-electron chi connectivity index (χ3n) is 3.27. The lowest BCUT2D eigenvalue weighted by atomic mass is 10.1. The van der Waals surface area contributed by atoms with Crippen molar-refractivity contribution in [3.05, 3.63) is 64.6 Å². The number of carbonyl (C=O) groups excluding carboxylic acids is 1. The predicted octanol–water partition coefficient (Wildman–Crippen LogP) is 3.29. The van der Waals surface area contributed by atoms with Crippen LogP contribution in [0.15, 0.2) is 59.1 Å². The van der Waals surface area contributed by atoms with Crippen LogP contribution in [0.3, 0.4) is 0 Å². The number of hydrogen-bond acceptors (Lipinski definition) is 3. The largest absolute Gasteiger partial charge is 0.475 e. The molecule has 1 amide bonds. The summed E-state index contributed by atoms with van der Waals surface area (Å²) in [6.07, 6.45) is -0.684. The molecule has 0 spiro atoms. The lowest BCUT2D eigenvalue weighted by Crippen LogP contribution is -2.36. The van der Waals surface area contributed by atoms with Crippen molar-refractivity contribution in [3.63, 3.8) is 0 Å². The molecule has 2 aromatic rings. The van der Waals surface area contributed by atoms with Crippen LogP contribution in [0.1, 0.15) is 18.6 Å². The van der Waals surface area contributed by atoms with Gasteiger partial charge in [-0.1, -0.05) is 49.4 Å². The van der Waals surface area contributed by atoms with Crippen molar-refractivity contribution < 1.29 is 9.53 Å². The Morgan fingerprint density at radius 2 is 1.78 bits per heavy atom. The number of benzene rings is 2. The molecule has 0 heterocycles. The molecular formula is C18H21BrN2O2. The normalized spacial score (nSPS) is 11.7. The predicted molar refractivity (Wildman–Crippen MR) is 95.5 cm³/mol. The topological polar surface area (TPSA) is 50.4 Å². The van der Waals surface area contributed by atoms with E-state index in [9.17, 15) is 4.79 Å². The maximum atomic E-state index is 12.5. The zero-order chi connectivity index (χ0) is 16.5. The minimum absolute atomic E-state index is 0.148. The van der Waals surface area contributed by atoms with Gasteiger partial charge in [0.25, 0.3) is 5.91 Å². The van der Waals surface area contributed by atoms with Gasteiger partial charge in [0.15, 0.2) is 0 Å².